The number of aryl methyl sites for hydroxylation is 2. The third-order valence-corrected chi connectivity index (χ3v) is 5.96. The highest BCUT2D eigenvalue weighted by Crippen LogP contribution is 2.60. The van der Waals surface area contributed by atoms with Crippen LogP contribution in [0.25, 0.3) is 5.31 Å². The van der Waals surface area contributed by atoms with Gasteiger partial charge in [0, 0.05) is 12.3 Å². The minimum atomic E-state index is -3.72. The molecule has 146 valence electrons. The topological polar surface area (TPSA) is 77.9 Å². The van der Waals surface area contributed by atoms with E-state index in [1.807, 2.05) is 32.1 Å². The van der Waals surface area contributed by atoms with Gasteiger partial charge in [0.1, 0.15) is 5.75 Å². The number of phenols is 1. The largest absolute Gasteiger partial charge is 0.504 e. The number of nitrogens with zero attached hydrogens (tertiary/aromatic N) is 1. The Morgan fingerprint density at radius 2 is 2.00 bits per heavy atom. The van der Waals surface area contributed by atoms with E-state index in [9.17, 15) is 9.67 Å². The lowest BCUT2D eigenvalue weighted by Crippen LogP contribution is -2.04. The Labute approximate surface area is 160 Å². The van der Waals surface area contributed by atoms with Crippen molar-refractivity contribution in [2.45, 2.75) is 34.1 Å². The molecule has 1 aromatic carbocycles. The average Bonchev–Trinajstić information content (AvgIpc) is 2.63. The van der Waals surface area contributed by atoms with Crippen molar-refractivity contribution in [3.8, 4) is 17.2 Å². The van der Waals surface area contributed by atoms with Gasteiger partial charge in [-0.3, -0.25) is 9.51 Å². The zero-order chi connectivity index (χ0) is 20.0. The molecule has 1 aromatic heterocycles. The molecule has 0 saturated carbocycles. The summed E-state index contributed by atoms with van der Waals surface area (Å²) in [4.78, 5) is 4.39. The first kappa shape index (κ1) is 21.0. The smallest absolute Gasteiger partial charge is 0.412 e. The molecule has 0 amide bonds. The van der Waals surface area contributed by atoms with E-state index in [1.165, 1.54) is 13.2 Å². The fourth-order valence-corrected chi connectivity index (χ4v) is 4.58. The highest BCUT2D eigenvalue weighted by atomic mass is 31.2. The maximum Gasteiger partial charge on any atom is 0.412 e. The molecule has 1 unspecified atom stereocenters. The minimum Gasteiger partial charge on any atom is -0.504 e. The van der Waals surface area contributed by atoms with Gasteiger partial charge in [-0.1, -0.05) is 19.1 Å². The van der Waals surface area contributed by atoms with Crippen molar-refractivity contribution in [1.29, 1.82) is 0 Å². The number of hydrogen-bond donors (Lipinski definition) is 1. The summed E-state index contributed by atoms with van der Waals surface area (Å²) in [6, 6.07) is 6.81. The number of ether oxygens (including phenoxy) is 1. The van der Waals surface area contributed by atoms with E-state index < -0.39 is 7.60 Å². The summed E-state index contributed by atoms with van der Waals surface area (Å²) < 4.78 is 30.4. The van der Waals surface area contributed by atoms with Crippen LogP contribution in [0.3, 0.4) is 0 Å². The molecule has 27 heavy (non-hydrogen) atoms. The summed E-state index contributed by atoms with van der Waals surface area (Å²) >= 11 is 0. The highest BCUT2D eigenvalue weighted by Gasteiger charge is 2.34. The van der Waals surface area contributed by atoms with Crippen LogP contribution >= 0.6 is 7.60 Å². The first-order valence-electron chi connectivity index (χ1n) is 8.80. The van der Waals surface area contributed by atoms with E-state index in [-0.39, 0.29) is 23.9 Å². The van der Waals surface area contributed by atoms with Crippen molar-refractivity contribution in [1.82, 2.24) is 4.98 Å². The summed E-state index contributed by atoms with van der Waals surface area (Å²) in [5.41, 5.74) is 2.00. The fourth-order valence-electron chi connectivity index (χ4n) is 2.66. The van der Waals surface area contributed by atoms with E-state index in [0.717, 1.165) is 5.56 Å². The second-order valence-electron chi connectivity index (χ2n) is 5.96. The Bertz CT molecular complexity index is 879. The van der Waals surface area contributed by atoms with Gasteiger partial charge in [-0.2, -0.15) is 0 Å². The molecule has 2 aromatic rings. The quantitative estimate of drug-likeness (QED) is 0.601. The molecule has 0 radical (unpaired) electrons. The Morgan fingerprint density at radius 3 is 2.59 bits per heavy atom. The van der Waals surface area contributed by atoms with Crippen molar-refractivity contribution in [2.75, 3.05) is 13.7 Å². The molecule has 0 aliphatic carbocycles. The molecule has 1 atom stereocenters. The van der Waals surface area contributed by atoms with Gasteiger partial charge in [-0.05, 0) is 50.5 Å². The Balaban J connectivity index is 2.56. The van der Waals surface area contributed by atoms with Crippen molar-refractivity contribution < 1.29 is 23.5 Å². The van der Waals surface area contributed by atoms with Gasteiger partial charge in [0.05, 0.1) is 24.7 Å². The van der Waals surface area contributed by atoms with E-state index in [1.54, 1.807) is 26.1 Å². The van der Waals surface area contributed by atoms with Gasteiger partial charge in [0.2, 0.25) is 0 Å². The van der Waals surface area contributed by atoms with Gasteiger partial charge in [-0.15, -0.1) is 0 Å². The minimum absolute atomic E-state index is 0.0148. The number of allylic oxidation sites excluding steroid dienone is 1. The summed E-state index contributed by atoms with van der Waals surface area (Å²) in [7, 11) is -2.28. The SMILES string of the molecule is CC/C=C(\c1ncccc1C)P(=O)(OCC)Oc1cc(C)c(O)c(OC)c1. The molecule has 0 bridgehead atoms. The maximum absolute atomic E-state index is 13.8. The zero-order valence-electron chi connectivity index (χ0n) is 16.4. The van der Waals surface area contributed by atoms with Gasteiger partial charge in [-0.25, -0.2) is 4.57 Å². The third kappa shape index (κ3) is 4.71. The molecular weight excluding hydrogens is 365 g/mol. The summed E-state index contributed by atoms with van der Waals surface area (Å²) in [6.45, 7) is 7.52. The van der Waals surface area contributed by atoms with Crippen molar-refractivity contribution in [2.24, 2.45) is 0 Å². The molecule has 0 aliphatic heterocycles. The van der Waals surface area contributed by atoms with Crippen molar-refractivity contribution in [3.05, 3.63) is 53.4 Å². The molecule has 1 N–H and O–H groups in total. The highest BCUT2D eigenvalue weighted by molar-refractivity contribution is 7.65. The predicted molar refractivity (Wildman–Crippen MR) is 106 cm³/mol. The standard InChI is InChI=1S/C20H26NO5P/c1-6-9-18(19-14(3)10-8-11-21-19)27(23,25-7-2)26-16-12-15(4)20(22)17(13-16)24-5/h8-13,22H,6-7H2,1-5H3/b18-9+. The number of rotatable bonds is 8. The lowest BCUT2D eigenvalue weighted by atomic mass is 10.2. The van der Waals surface area contributed by atoms with Crippen LogP contribution in [0.15, 0.2) is 36.5 Å². The number of hydrogen-bond acceptors (Lipinski definition) is 6. The van der Waals surface area contributed by atoms with Crippen LogP contribution in [0.4, 0.5) is 0 Å². The van der Waals surface area contributed by atoms with Gasteiger partial charge >= 0.3 is 7.60 Å². The fraction of sp³-hybridized carbons (Fsp3) is 0.350. The number of aromatic nitrogens is 1. The first-order valence-corrected chi connectivity index (χ1v) is 10.3. The summed E-state index contributed by atoms with van der Waals surface area (Å²) in [6.07, 6.45) is 4.11. The van der Waals surface area contributed by atoms with Crippen LogP contribution < -0.4 is 9.26 Å². The lowest BCUT2D eigenvalue weighted by Gasteiger charge is -2.22. The number of methoxy groups -OCH3 is 1. The number of phenolic OH excluding ortho intramolecular Hbond substituents is 1. The van der Waals surface area contributed by atoms with E-state index in [4.69, 9.17) is 13.8 Å². The van der Waals surface area contributed by atoms with Crippen LogP contribution in [0.1, 0.15) is 37.1 Å². The number of aromatic hydroxyl groups is 1. The van der Waals surface area contributed by atoms with Crippen LogP contribution in [0.5, 0.6) is 17.2 Å². The van der Waals surface area contributed by atoms with E-state index in [0.29, 0.717) is 23.0 Å². The Hall–Kier alpha value is -2.30. The monoisotopic (exact) mass is 391 g/mol. The Morgan fingerprint density at radius 1 is 1.26 bits per heavy atom. The lowest BCUT2D eigenvalue weighted by molar-refractivity contribution is 0.289. The Kier molecular flexibility index (Phi) is 7.05. The second kappa shape index (κ2) is 9.07. The summed E-state index contributed by atoms with van der Waals surface area (Å²) in [5.74, 6) is 0.540. The molecule has 1 heterocycles. The zero-order valence-corrected chi connectivity index (χ0v) is 17.2. The van der Waals surface area contributed by atoms with Gasteiger partial charge in [0.15, 0.2) is 11.5 Å². The molecule has 0 fully saturated rings. The van der Waals surface area contributed by atoms with Crippen molar-refractivity contribution >= 4 is 12.9 Å². The van der Waals surface area contributed by atoms with Gasteiger partial charge in [0.25, 0.3) is 0 Å². The van der Waals surface area contributed by atoms with Crippen LogP contribution in [0.2, 0.25) is 0 Å². The van der Waals surface area contributed by atoms with E-state index in [2.05, 4.69) is 4.98 Å². The molecule has 6 nitrogen and oxygen atoms in total. The first-order chi connectivity index (χ1) is 12.9. The molecule has 7 heteroatoms. The van der Waals surface area contributed by atoms with Gasteiger partial charge < -0.3 is 14.4 Å². The van der Waals surface area contributed by atoms with E-state index >= 15 is 0 Å². The number of pyridine rings is 1. The average molecular weight is 391 g/mol. The molecule has 0 aliphatic rings. The predicted octanol–water partition coefficient (Wildman–Crippen LogP) is 5.47. The van der Waals surface area contributed by atoms with Crippen LogP contribution in [-0.4, -0.2) is 23.8 Å². The maximum atomic E-state index is 13.8. The molecule has 0 spiro atoms. The van der Waals surface area contributed by atoms with Crippen LogP contribution in [0, 0.1) is 13.8 Å². The molecule has 2 rings (SSSR count). The molecular formula is C20H26NO5P. The van der Waals surface area contributed by atoms with Crippen LogP contribution in [-0.2, 0) is 9.09 Å². The van der Waals surface area contributed by atoms with Crippen molar-refractivity contribution in [3.63, 3.8) is 0 Å². The third-order valence-electron chi connectivity index (χ3n) is 3.93. The summed E-state index contributed by atoms with van der Waals surface area (Å²) in [5, 5.41) is 10.5. The normalized spacial score (nSPS) is 13.9. The molecule has 0 saturated heterocycles. The number of benzene rings is 1. The second-order valence-corrected chi connectivity index (χ2v) is 7.88.